The summed E-state index contributed by atoms with van der Waals surface area (Å²) in [5.74, 6) is -0.152. The second-order valence-electron chi connectivity index (χ2n) is 7.62. The molecule has 5 rings (SSSR count). The van der Waals surface area contributed by atoms with Gasteiger partial charge in [0.2, 0.25) is 0 Å². The molecular formula is C22H21N3O3S2. The van der Waals surface area contributed by atoms with Gasteiger partial charge in [0.05, 0.1) is 11.0 Å². The number of carbonyl (C=O) groups excluding carboxylic acids is 1. The highest BCUT2D eigenvalue weighted by Crippen LogP contribution is 2.41. The van der Waals surface area contributed by atoms with E-state index in [1.54, 1.807) is 34.8 Å². The van der Waals surface area contributed by atoms with Crippen LogP contribution in [0.3, 0.4) is 0 Å². The third kappa shape index (κ3) is 3.30. The van der Waals surface area contributed by atoms with Gasteiger partial charge < -0.3 is 9.80 Å². The number of carbonyl (C=O) groups is 1. The topological polar surface area (TPSA) is 66.7 Å². The largest absolute Gasteiger partial charge is 0.366 e. The van der Waals surface area contributed by atoms with E-state index in [1.165, 1.54) is 16.5 Å². The molecule has 2 aliphatic rings. The van der Waals surface area contributed by atoms with E-state index in [-0.39, 0.29) is 22.6 Å². The van der Waals surface area contributed by atoms with Crippen molar-refractivity contribution < 1.29 is 9.72 Å². The van der Waals surface area contributed by atoms with E-state index >= 15 is 0 Å². The number of rotatable bonds is 4. The van der Waals surface area contributed by atoms with Crippen LogP contribution < -0.4 is 4.90 Å². The van der Waals surface area contributed by atoms with Crippen molar-refractivity contribution in [2.45, 2.75) is 25.3 Å². The molecular weight excluding hydrogens is 418 g/mol. The number of nitro groups is 1. The van der Waals surface area contributed by atoms with Crippen molar-refractivity contribution in [3.05, 3.63) is 78.2 Å². The molecule has 1 saturated heterocycles. The maximum absolute atomic E-state index is 13.5. The van der Waals surface area contributed by atoms with Crippen molar-refractivity contribution in [3.63, 3.8) is 0 Å². The van der Waals surface area contributed by atoms with Crippen molar-refractivity contribution in [3.8, 4) is 0 Å². The Morgan fingerprint density at radius 3 is 2.63 bits per heavy atom. The van der Waals surface area contributed by atoms with E-state index in [9.17, 15) is 14.9 Å². The van der Waals surface area contributed by atoms with Gasteiger partial charge in [-0.2, -0.15) is 0 Å². The molecule has 3 aromatic rings. The smallest absolute Gasteiger partial charge is 0.293 e. The fraction of sp³-hybridized carbons (Fsp3) is 0.318. The van der Waals surface area contributed by atoms with Gasteiger partial charge in [0.15, 0.2) is 0 Å². The highest BCUT2D eigenvalue weighted by atomic mass is 32.1. The van der Waals surface area contributed by atoms with Crippen LogP contribution in [0.4, 0.5) is 11.4 Å². The second-order valence-corrected chi connectivity index (χ2v) is 9.60. The molecule has 0 radical (unpaired) electrons. The monoisotopic (exact) mass is 439 g/mol. The fourth-order valence-corrected chi connectivity index (χ4v) is 6.24. The summed E-state index contributed by atoms with van der Waals surface area (Å²) >= 11 is 3.37. The first-order chi connectivity index (χ1) is 14.6. The lowest BCUT2D eigenvalue weighted by Crippen LogP contribution is -2.39. The predicted octanol–water partition coefficient (Wildman–Crippen LogP) is 5.11. The normalized spacial score (nSPS) is 18.5. The van der Waals surface area contributed by atoms with E-state index in [2.05, 4.69) is 17.5 Å². The van der Waals surface area contributed by atoms with Crippen LogP contribution in [0.25, 0.3) is 0 Å². The Hall–Kier alpha value is -2.71. The third-order valence-electron chi connectivity index (χ3n) is 5.91. The highest BCUT2D eigenvalue weighted by Gasteiger charge is 2.35. The molecule has 1 unspecified atom stereocenters. The minimum Gasteiger partial charge on any atom is -0.366 e. The number of nitro benzene ring substituents is 1. The lowest BCUT2D eigenvalue weighted by atomic mass is 9.97. The molecule has 2 aromatic heterocycles. The van der Waals surface area contributed by atoms with Crippen LogP contribution in [0.2, 0.25) is 0 Å². The zero-order valence-corrected chi connectivity index (χ0v) is 18.0. The maximum atomic E-state index is 13.5. The molecule has 1 atom stereocenters. The zero-order chi connectivity index (χ0) is 20.7. The van der Waals surface area contributed by atoms with E-state index < -0.39 is 0 Å². The molecule has 0 spiro atoms. The van der Waals surface area contributed by atoms with E-state index in [0.717, 1.165) is 37.2 Å². The third-order valence-corrected chi connectivity index (χ3v) is 7.83. The Balaban J connectivity index is 1.52. The van der Waals surface area contributed by atoms with E-state index in [1.807, 2.05) is 21.2 Å². The van der Waals surface area contributed by atoms with Crippen molar-refractivity contribution in [1.82, 2.24) is 4.90 Å². The summed E-state index contributed by atoms with van der Waals surface area (Å²) in [5, 5.41) is 15.9. The van der Waals surface area contributed by atoms with Gasteiger partial charge in [0, 0.05) is 41.0 Å². The summed E-state index contributed by atoms with van der Waals surface area (Å²) in [4.78, 5) is 31.3. The Bertz CT molecular complexity index is 1090. The van der Waals surface area contributed by atoms with Gasteiger partial charge in [0.1, 0.15) is 5.69 Å². The predicted molar refractivity (Wildman–Crippen MR) is 120 cm³/mol. The molecule has 0 bridgehead atoms. The van der Waals surface area contributed by atoms with Gasteiger partial charge in [0.25, 0.3) is 11.6 Å². The number of hydrogen-bond acceptors (Lipinski definition) is 6. The minimum absolute atomic E-state index is 0.0173. The number of fused-ring (bicyclic) bond motifs is 1. The van der Waals surface area contributed by atoms with Gasteiger partial charge >= 0.3 is 0 Å². The van der Waals surface area contributed by atoms with Crippen LogP contribution in [0.1, 0.15) is 44.6 Å². The SMILES string of the molecule is O=C(c1ccc(N2CCCC2)c([N+](=O)[O-])c1)N1CCc2sccc2C1c1cccs1. The minimum atomic E-state index is -0.367. The lowest BCUT2D eigenvalue weighted by Gasteiger charge is -2.35. The standard InChI is InChI=1S/C22H21N3O3S2/c26-22(15-5-6-17(18(14-15)25(27)28)23-9-1-2-10-23)24-11-7-19-16(8-13-30-19)21(24)20-4-3-12-29-20/h3-6,8,12-14,21H,1-2,7,9-11H2. The molecule has 154 valence electrons. The number of amides is 1. The average molecular weight is 440 g/mol. The summed E-state index contributed by atoms with van der Waals surface area (Å²) in [7, 11) is 0. The quantitative estimate of drug-likeness (QED) is 0.419. The molecule has 30 heavy (non-hydrogen) atoms. The molecule has 0 saturated carbocycles. The van der Waals surface area contributed by atoms with Crippen LogP contribution in [0.15, 0.2) is 47.2 Å². The molecule has 6 nitrogen and oxygen atoms in total. The fourth-order valence-electron chi connectivity index (χ4n) is 4.48. The number of nitrogens with zero attached hydrogens (tertiary/aromatic N) is 3. The number of hydrogen-bond donors (Lipinski definition) is 0. The molecule has 1 amide bonds. The average Bonchev–Trinajstić information content (AvgIpc) is 3.54. The van der Waals surface area contributed by atoms with E-state index in [4.69, 9.17) is 0 Å². The molecule has 1 aromatic carbocycles. The van der Waals surface area contributed by atoms with Gasteiger partial charge in [-0.25, -0.2) is 0 Å². The summed E-state index contributed by atoms with van der Waals surface area (Å²) in [6.45, 7) is 2.25. The summed E-state index contributed by atoms with van der Waals surface area (Å²) in [5.41, 5.74) is 2.18. The molecule has 1 fully saturated rings. The van der Waals surface area contributed by atoms with Gasteiger partial charge in [-0.1, -0.05) is 6.07 Å². The van der Waals surface area contributed by atoms with Crippen molar-refractivity contribution >= 4 is 40.0 Å². The summed E-state index contributed by atoms with van der Waals surface area (Å²) < 4.78 is 0. The van der Waals surface area contributed by atoms with Crippen LogP contribution in [0.5, 0.6) is 0 Å². The Morgan fingerprint density at radius 1 is 1.07 bits per heavy atom. The summed E-state index contributed by atoms with van der Waals surface area (Å²) in [6.07, 6.45) is 2.89. The first-order valence-corrected chi connectivity index (χ1v) is 11.8. The second kappa shape index (κ2) is 7.85. The Labute approximate surface area is 182 Å². The molecule has 0 N–H and O–H groups in total. The van der Waals surface area contributed by atoms with Crippen molar-refractivity contribution in [2.24, 2.45) is 0 Å². The Morgan fingerprint density at radius 2 is 1.90 bits per heavy atom. The van der Waals surface area contributed by atoms with E-state index in [0.29, 0.717) is 17.8 Å². The first-order valence-electron chi connectivity index (χ1n) is 10.1. The van der Waals surface area contributed by atoms with Gasteiger partial charge in [-0.15, -0.1) is 22.7 Å². The molecule has 8 heteroatoms. The maximum Gasteiger partial charge on any atom is 0.293 e. The van der Waals surface area contributed by atoms with Crippen LogP contribution in [-0.4, -0.2) is 35.4 Å². The van der Waals surface area contributed by atoms with Crippen LogP contribution in [-0.2, 0) is 6.42 Å². The van der Waals surface area contributed by atoms with Gasteiger partial charge in [-0.3, -0.25) is 14.9 Å². The Kier molecular flexibility index (Phi) is 5.04. The van der Waals surface area contributed by atoms with Crippen LogP contribution in [0, 0.1) is 10.1 Å². The van der Waals surface area contributed by atoms with Crippen molar-refractivity contribution in [1.29, 1.82) is 0 Å². The van der Waals surface area contributed by atoms with Crippen LogP contribution >= 0.6 is 22.7 Å². The lowest BCUT2D eigenvalue weighted by molar-refractivity contribution is -0.384. The number of anilines is 1. The molecule has 0 aliphatic carbocycles. The number of benzene rings is 1. The molecule has 4 heterocycles. The first kappa shape index (κ1) is 19.3. The summed E-state index contributed by atoms with van der Waals surface area (Å²) in [6, 6.07) is 11.0. The highest BCUT2D eigenvalue weighted by molar-refractivity contribution is 7.10. The zero-order valence-electron chi connectivity index (χ0n) is 16.3. The number of thiophene rings is 2. The molecule has 2 aliphatic heterocycles. The van der Waals surface area contributed by atoms with Gasteiger partial charge in [-0.05, 0) is 59.9 Å². The van der Waals surface area contributed by atoms with Crippen molar-refractivity contribution in [2.75, 3.05) is 24.5 Å².